The number of fused-ring (bicyclic) bond motifs is 1. The van der Waals surface area contributed by atoms with Crippen LogP contribution in [0, 0.1) is 0 Å². The Hall–Kier alpha value is -2.89. The molecule has 0 aliphatic rings. The molecule has 0 N–H and O–H groups in total. The van der Waals surface area contributed by atoms with E-state index >= 15 is 0 Å². The van der Waals surface area contributed by atoms with Gasteiger partial charge in [-0.3, -0.25) is 4.79 Å². The number of hydrogen-bond donors (Lipinski definition) is 0. The summed E-state index contributed by atoms with van der Waals surface area (Å²) in [6.45, 7) is 1.93. The van der Waals surface area contributed by atoms with Crippen LogP contribution in [0.2, 0.25) is 0 Å². The van der Waals surface area contributed by atoms with Crippen molar-refractivity contribution in [3.8, 4) is 17.4 Å². The van der Waals surface area contributed by atoms with E-state index in [-0.39, 0.29) is 5.97 Å². The molecule has 6 heteroatoms. The average Bonchev–Trinajstić information content (AvgIpc) is 2.92. The predicted octanol–water partition coefficient (Wildman–Crippen LogP) is 3.47. The van der Waals surface area contributed by atoms with Crippen LogP contribution in [0.15, 0.2) is 42.9 Å². The molecule has 2 aromatic heterocycles. The zero-order valence-electron chi connectivity index (χ0n) is 13.0. The molecule has 3 aromatic rings. The maximum Gasteiger partial charge on any atom is 0.311 e. The molecule has 0 unspecified atom stereocenters. The molecule has 0 radical (unpaired) electrons. The van der Waals surface area contributed by atoms with Crippen LogP contribution in [0.25, 0.3) is 11.0 Å². The Labute approximate surface area is 133 Å². The monoisotopic (exact) mass is 311 g/mol. The van der Waals surface area contributed by atoms with E-state index in [0.717, 1.165) is 17.5 Å². The second-order valence-corrected chi connectivity index (χ2v) is 5.14. The van der Waals surface area contributed by atoms with Gasteiger partial charge in [0.2, 0.25) is 5.88 Å². The van der Waals surface area contributed by atoms with Gasteiger partial charge in [0, 0.05) is 19.7 Å². The normalized spacial score (nSPS) is 10.7. The maximum atomic E-state index is 11.5. The smallest absolute Gasteiger partial charge is 0.311 e. The van der Waals surface area contributed by atoms with Gasteiger partial charge in [0.1, 0.15) is 23.3 Å². The van der Waals surface area contributed by atoms with Crippen LogP contribution in [-0.2, 0) is 11.8 Å². The first-order valence-corrected chi connectivity index (χ1v) is 7.42. The van der Waals surface area contributed by atoms with Gasteiger partial charge in [-0.1, -0.05) is 6.92 Å². The van der Waals surface area contributed by atoms with Crippen LogP contribution in [0.1, 0.15) is 19.8 Å². The molecular formula is C17H17N3O3. The van der Waals surface area contributed by atoms with Gasteiger partial charge in [0.15, 0.2) is 0 Å². The largest absolute Gasteiger partial charge is 0.437 e. The number of benzene rings is 1. The molecule has 0 bridgehead atoms. The van der Waals surface area contributed by atoms with Gasteiger partial charge in [-0.25, -0.2) is 4.98 Å². The van der Waals surface area contributed by atoms with Crippen molar-refractivity contribution in [2.75, 3.05) is 0 Å². The number of carbonyl (C=O) groups excluding carboxylic acids is 1. The molecule has 118 valence electrons. The van der Waals surface area contributed by atoms with Crippen molar-refractivity contribution in [1.29, 1.82) is 0 Å². The number of carbonyl (C=O) groups is 1. The van der Waals surface area contributed by atoms with Crippen molar-refractivity contribution in [2.45, 2.75) is 19.8 Å². The van der Waals surface area contributed by atoms with E-state index < -0.39 is 0 Å². The van der Waals surface area contributed by atoms with Crippen molar-refractivity contribution in [2.24, 2.45) is 7.05 Å². The van der Waals surface area contributed by atoms with E-state index in [4.69, 9.17) is 9.47 Å². The van der Waals surface area contributed by atoms with Crippen LogP contribution >= 0.6 is 0 Å². The van der Waals surface area contributed by atoms with E-state index in [2.05, 4.69) is 9.97 Å². The van der Waals surface area contributed by atoms with Crippen LogP contribution in [0.4, 0.5) is 0 Å². The minimum absolute atomic E-state index is 0.234. The minimum Gasteiger partial charge on any atom is -0.437 e. The average molecular weight is 311 g/mol. The minimum atomic E-state index is -0.234. The van der Waals surface area contributed by atoms with Crippen LogP contribution < -0.4 is 9.47 Å². The fourth-order valence-corrected chi connectivity index (χ4v) is 2.23. The predicted molar refractivity (Wildman–Crippen MR) is 85.6 cm³/mol. The zero-order valence-corrected chi connectivity index (χ0v) is 13.0. The summed E-state index contributed by atoms with van der Waals surface area (Å²) in [6, 6.07) is 8.79. The van der Waals surface area contributed by atoms with Crippen molar-refractivity contribution in [3.05, 3.63) is 42.9 Å². The molecule has 2 heterocycles. The lowest BCUT2D eigenvalue weighted by Gasteiger charge is -2.08. The van der Waals surface area contributed by atoms with Crippen LogP contribution in [0.3, 0.4) is 0 Å². The fourth-order valence-electron chi connectivity index (χ4n) is 2.23. The molecule has 0 aliphatic heterocycles. The summed E-state index contributed by atoms with van der Waals surface area (Å²) < 4.78 is 12.9. The third-order valence-corrected chi connectivity index (χ3v) is 3.35. The summed E-state index contributed by atoms with van der Waals surface area (Å²) in [4.78, 5) is 19.9. The Morgan fingerprint density at radius 2 is 1.87 bits per heavy atom. The first kappa shape index (κ1) is 15.0. The molecule has 0 fully saturated rings. The van der Waals surface area contributed by atoms with Gasteiger partial charge in [-0.15, -0.1) is 0 Å². The fraction of sp³-hybridized carbons (Fsp3) is 0.235. The van der Waals surface area contributed by atoms with E-state index in [1.54, 1.807) is 24.3 Å². The molecule has 0 atom stereocenters. The maximum absolute atomic E-state index is 11.5. The summed E-state index contributed by atoms with van der Waals surface area (Å²) in [6.07, 6.45) is 4.55. The Morgan fingerprint density at radius 3 is 2.61 bits per heavy atom. The summed E-state index contributed by atoms with van der Waals surface area (Å²) in [5, 5.41) is 0. The van der Waals surface area contributed by atoms with Crippen LogP contribution in [0.5, 0.6) is 17.4 Å². The number of aryl methyl sites for hydroxylation is 1. The van der Waals surface area contributed by atoms with E-state index in [1.807, 2.05) is 30.8 Å². The number of ether oxygens (including phenoxy) is 2. The third kappa shape index (κ3) is 3.31. The quantitative estimate of drug-likeness (QED) is 0.533. The van der Waals surface area contributed by atoms with Gasteiger partial charge in [0.25, 0.3) is 0 Å². The highest BCUT2D eigenvalue weighted by molar-refractivity contribution is 5.80. The highest BCUT2D eigenvalue weighted by Crippen LogP contribution is 2.28. The molecule has 0 saturated heterocycles. The molecule has 1 aromatic carbocycles. The lowest BCUT2D eigenvalue weighted by Crippen LogP contribution is -2.06. The van der Waals surface area contributed by atoms with E-state index in [1.165, 1.54) is 6.33 Å². The Balaban J connectivity index is 1.77. The van der Waals surface area contributed by atoms with Crippen molar-refractivity contribution < 1.29 is 14.3 Å². The van der Waals surface area contributed by atoms with Gasteiger partial charge >= 0.3 is 5.97 Å². The number of aromatic nitrogens is 3. The number of hydrogen-bond acceptors (Lipinski definition) is 5. The highest BCUT2D eigenvalue weighted by Gasteiger charge is 2.10. The Kier molecular flexibility index (Phi) is 4.23. The molecule has 0 aliphatic carbocycles. The van der Waals surface area contributed by atoms with Crippen molar-refractivity contribution in [3.63, 3.8) is 0 Å². The topological polar surface area (TPSA) is 66.2 Å². The van der Waals surface area contributed by atoms with Gasteiger partial charge < -0.3 is 14.0 Å². The second-order valence-electron chi connectivity index (χ2n) is 5.14. The van der Waals surface area contributed by atoms with Gasteiger partial charge in [-0.05, 0) is 36.8 Å². The number of rotatable bonds is 5. The molecule has 0 saturated carbocycles. The third-order valence-electron chi connectivity index (χ3n) is 3.35. The molecule has 6 nitrogen and oxygen atoms in total. The lowest BCUT2D eigenvalue weighted by molar-refractivity contribution is -0.134. The SMILES string of the molecule is CCCC(=O)Oc1ccc(Oc2ncnc3ccn(C)c23)cc1. The lowest BCUT2D eigenvalue weighted by atomic mass is 10.3. The van der Waals surface area contributed by atoms with E-state index in [9.17, 15) is 4.79 Å². The van der Waals surface area contributed by atoms with Gasteiger partial charge in [-0.2, -0.15) is 4.98 Å². The first-order chi connectivity index (χ1) is 11.2. The summed E-state index contributed by atoms with van der Waals surface area (Å²) >= 11 is 0. The summed E-state index contributed by atoms with van der Waals surface area (Å²) in [7, 11) is 1.91. The van der Waals surface area contributed by atoms with Crippen molar-refractivity contribution >= 4 is 17.0 Å². The Morgan fingerprint density at radius 1 is 1.13 bits per heavy atom. The second kappa shape index (κ2) is 6.48. The Bertz CT molecular complexity index is 825. The number of esters is 1. The highest BCUT2D eigenvalue weighted by atomic mass is 16.5. The number of nitrogens with zero attached hydrogens (tertiary/aromatic N) is 3. The standard InChI is InChI=1S/C17H17N3O3/c1-3-4-15(21)22-12-5-7-13(8-6-12)23-17-16-14(18-11-19-17)9-10-20(16)2/h5-11H,3-4H2,1-2H3. The molecular weight excluding hydrogens is 294 g/mol. The first-order valence-electron chi connectivity index (χ1n) is 7.42. The van der Waals surface area contributed by atoms with Gasteiger partial charge in [0.05, 0.1) is 5.52 Å². The molecule has 0 amide bonds. The van der Waals surface area contributed by atoms with E-state index in [0.29, 0.717) is 23.8 Å². The molecule has 3 rings (SSSR count). The van der Waals surface area contributed by atoms with Crippen molar-refractivity contribution in [1.82, 2.24) is 14.5 Å². The molecule has 23 heavy (non-hydrogen) atoms. The summed E-state index contributed by atoms with van der Waals surface area (Å²) in [5.74, 6) is 1.37. The zero-order chi connectivity index (χ0) is 16.2. The summed E-state index contributed by atoms with van der Waals surface area (Å²) in [5.41, 5.74) is 1.65. The molecule has 0 spiro atoms. The van der Waals surface area contributed by atoms with Crippen LogP contribution in [-0.4, -0.2) is 20.5 Å².